The standard InChI is InChI=1S/C6H14NO8S4/c1-5-6-19(14,15)7(16(2,8)9,17(3,10)11)18(4,12)13/h5H,1,6H2,2-4H3/q+1. The van der Waals surface area contributed by atoms with Gasteiger partial charge in [-0.1, -0.05) is 6.08 Å². The summed E-state index contributed by atoms with van der Waals surface area (Å²) in [5, 5.41) is 0. The lowest BCUT2D eigenvalue weighted by atomic mass is 10.8. The number of hydrogen-bond acceptors (Lipinski definition) is 8. The third-order valence-electron chi connectivity index (χ3n) is 1.89. The Bertz CT molecular complexity index is 704. The lowest BCUT2D eigenvalue weighted by Gasteiger charge is -2.27. The highest BCUT2D eigenvalue weighted by Crippen LogP contribution is 2.32. The van der Waals surface area contributed by atoms with Gasteiger partial charge in [0.15, 0.2) is 0 Å². The van der Waals surface area contributed by atoms with Crippen LogP contribution in [0.2, 0.25) is 0 Å². The van der Waals surface area contributed by atoms with Gasteiger partial charge >= 0.3 is 40.1 Å². The van der Waals surface area contributed by atoms with E-state index in [-0.39, 0.29) is 18.8 Å². The summed E-state index contributed by atoms with van der Waals surface area (Å²) in [5.74, 6) is -1.14. The molecule has 19 heavy (non-hydrogen) atoms. The van der Waals surface area contributed by atoms with Gasteiger partial charge in [-0.25, -0.2) is 0 Å². The van der Waals surface area contributed by atoms with Crippen molar-refractivity contribution in [3.05, 3.63) is 12.7 Å². The maximum atomic E-state index is 12.0. The van der Waals surface area contributed by atoms with Crippen molar-refractivity contribution in [3.63, 3.8) is 0 Å². The molecule has 0 unspecified atom stereocenters. The molecule has 0 aromatic heterocycles. The van der Waals surface area contributed by atoms with Crippen molar-refractivity contribution in [2.45, 2.75) is 0 Å². The second-order valence-electron chi connectivity index (χ2n) is 3.68. The van der Waals surface area contributed by atoms with Crippen LogP contribution in [0.25, 0.3) is 0 Å². The number of quaternary nitrogens is 1. The van der Waals surface area contributed by atoms with Gasteiger partial charge in [0.2, 0.25) is 0 Å². The lowest BCUT2D eigenvalue weighted by Crippen LogP contribution is -2.62. The molecule has 0 bridgehead atoms. The maximum Gasteiger partial charge on any atom is 0.344 e. The second kappa shape index (κ2) is 4.80. The van der Waals surface area contributed by atoms with Crippen molar-refractivity contribution in [1.29, 1.82) is 0 Å². The Balaban J connectivity index is 7.37. The average molecular weight is 356 g/mol. The summed E-state index contributed by atoms with van der Waals surface area (Å²) in [6.07, 6.45) is 1.35. The van der Waals surface area contributed by atoms with E-state index in [1.165, 1.54) is 0 Å². The summed E-state index contributed by atoms with van der Waals surface area (Å²) in [5.41, 5.74) is 0. The molecule has 0 aromatic rings. The van der Waals surface area contributed by atoms with E-state index in [0.29, 0.717) is 6.08 Å². The number of nitrogens with zero attached hydrogens (tertiary/aromatic N) is 1. The average Bonchev–Trinajstić information content (AvgIpc) is 1.91. The van der Waals surface area contributed by atoms with E-state index in [0.717, 1.165) is 0 Å². The van der Waals surface area contributed by atoms with Crippen LogP contribution in [-0.2, 0) is 40.1 Å². The van der Waals surface area contributed by atoms with Crippen LogP contribution >= 0.6 is 0 Å². The fourth-order valence-electron chi connectivity index (χ4n) is 1.60. The molecule has 0 aliphatic rings. The van der Waals surface area contributed by atoms with E-state index in [9.17, 15) is 33.7 Å². The molecule has 0 atom stereocenters. The largest absolute Gasteiger partial charge is 0.344 e. The van der Waals surface area contributed by atoms with Gasteiger partial charge in [-0.15, -0.1) is 6.58 Å². The van der Waals surface area contributed by atoms with Crippen LogP contribution in [0.15, 0.2) is 12.7 Å². The highest BCUT2D eigenvalue weighted by molar-refractivity contribution is 8.20. The quantitative estimate of drug-likeness (QED) is 0.401. The van der Waals surface area contributed by atoms with Gasteiger partial charge < -0.3 is 0 Å². The van der Waals surface area contributed by atoms with Gasteiger partial charge in [0.25, 0.3) is 0 Å². The normalized spacial score (nSPS) is 15.1. The van der Waals surface area contributed by atoms with Crippen molar-refractivity contribution >= 4 is 40.1 Å². The van der Waals surface area contributed by atoms with Crippen molar-refractivity contribution in [3.8, 4) is 0 Å². The van der Waals surface area contributed by atoms with Crippen molar-refractivity contribution in [2.24, 2.45) is 0 Å². The summed E-state index contributed by atoms with van der Waals surface area (Å²) in [4.78, 5) is 0. The molecule has 114 valence electrons. The van der Waals surface area contributed by atoms with Gasteiger partial charge in [-0.05, 0) is 0 Å². The Morgan fingerprint density at radius 3 is 1.21 bits per heavy atom. The van der Waals surface area contributed by atoms with E-state index in [1.807, 2.05) is 0 Å². The van der Waals surface area contributed by atoms with E-state index < -0.39 is 48.0 Å². The van der Waals surface area contributed by atoms with Crippen molar-refractivity contribution in [2.75, 3.05) is 24.5 Å². The van der Waals surface area contributed by atoms with Gasteiger partial charge in [0.1, 0.15) is 5.75 Å². The first-order valence-electron chi connectivity index (χ1n) is 4.39. The Hall–Kier alpha value is -0.500. The second-order valence-corrected chi connectivity index (χ2v) is 13.2. The minimum absolute atomic E-state index is 0.218. The Kier molecular flexibility index (Phi) is 4.68. The smallest absolute Gasteiger partial charge is 0.170 e. The fraction of sp³-hybridized carbons (Fsp3) is 0.667. The van der Waals surface area contributed by atoms with Crippen LogP contribution in [0.3, 0.4) is 0 Å². The molecule has 0 saturated heterocycles. The van der Waals surface area contributed by atoms with Crippen LogP contribution in [0, 0.1) is 0 Å². The predicted molar refractivity (Wildman–Crippen MR) is 68.8 cm³/mol. The van der Waals surface area contributed by atoms with E-state index >= 15 is 0 Å². The first-order chi connectivity index (χ1) is 8.06. The number of rotatable bonds is 6. The van der Waals surface area contributed by atoms with E-state index in [4.69, 9.17) is 0 Å². The van der Waals surface area contributed by atoms with E-state index in [1.54, 1.807) is 0 Å². The molecule has 0 heterocycles. The SMILES string of the molecule is C=CCS(=O)(=O)[N+](S(C)(=O)=O)(S(C)(=O)=O)S(C)(=O)=O. The third-order valence-corrected chi connectivity index (χ3v) is 15.0. The van der Waals surface area contributed by atoms with Crippen LogP contribution < -0.4 is 0 Å². The maximum absolute atomic E-state index is 12.0. The molecular weight excluding hydrogens is 342 g/mol. The van der Waals surface area contributed by atoms with Crippen LogP contribution in [0.5, 0.6) is 0 Å². The first kappa shape index (κ1) is 18.5. The predicted octanol–water partition coefficient (Wildman–Crippen LogP) is -1.80. The molecule has 0 aliphatic heterocycles. The molecule has 0 radical (unpaired) electrons. The fourth-order valence-corrected chi connectivity index (χ4v) is 13.5. The zero-order chi connectivity index (χ0) is 15.9. The van der Waals surface area contributed by atoms with Crippen molar-refractivity contribution < 1.29 is 35.8 Å². The zero-order valence-electron chi connectivity index (χ0n) is 10.3. The Morgan fingerprint density at radius 1 is 0.789 bits per heavy atom. The van der Waals surface area contributed by atoms with Gasteiger partial charge in [0.05, 0.1) is 20.9 Å². The first-order valence-corrected chi connectivity index (χ1v) is 11.5. The van der Waals surface area contributed by atoms with Crippen LogP contribution in [0.1, 0.15) is 0 Å². The van der Waals surface area contributed by atoms with Gasteiger partial charge in [-0.2, -0.15) is 33.7 Å². The molecule has 0 N–H and O–H groups in total. The minimum atomic E-state index is -5.15. The highest BCUT2D eigenvalue weighted by atomic mass is 32.4. The number of hydrogen-bond donors (Lipinski definition) is 0. The minimum Gasteiger partial charge on any atom is -0.170 e. The van der Waals surface area contributed by atoms with Gasteiger partial charge in [-0.3, -0.25) is 0 Å². The lowest BCUT2D eigenvalue weighted by molar-refractivity contribution is -0.353. The molecule has 13 heteroatoms. The molecule has 0 amide bonds. The summed E-state index contributed by atoms with van der Waals surface area (Å²) < 4.78 is 90.9. The molecule has 0 aromatic carbocycles. The number of sulfonamides is 4. The van der Waals surface area contributed by atoms with Crippen LogP contribution in [-0.4, -0.2) is 60.3 Å². The van der Waals surface area contributed by atoms with Crippen LogP contribution in [0.4, 0.5) is 0 Å². The molecule has 0 rings (SSSR count). The molecule has 0 fully saturated rings. The Labute approximate surface area is 113 Å². The third kappa shape index (κ3) is 2.69. The molecule has 0 spiro atoms. The van der Waals surface area contributed by atoms with Crippen molar-refractivity contribution in [1.82, 2.24) is 0 Å². The molecule has 9 nitrogen and oxygen atoms in total. The summed E-state index contributed by atoms with van der Waals surface area (Å²) in [7, 11) is -20.4. The Morgan fingerprint density at radius 2 is 1.05 bits per heavy atom. The summed E-state index contributed by atoms with van der Waals surface area (Å²) >= 11 is 0. The molecule has 0 aliphatic carbocycles. The summed E-state index contributed by atoms with van der Waals surface area (Å²) in [6, 6.07) is 0. The monoisotopic (exact) mass is 356 g/mol. The summed E-state index contributed by atoms with van der Waals surface area (Å²) in [6.45, 7) is 3.03. The van der Waals surface area contributed by atoms with Gasteiger partial charge in [0, 0.05) is 0 Å². The highest BCUT2D eigenvalue weighted by Gasteiger charge is 2.67. The van der Waals surface area contributed by atoms with E-state index in [2.05, 4.69) is 6.58 Å². The molecule has 0 saturated carbocycles. The zero-order valence-corrected chi connectivity index (χ0v) is 13.6. The molecular formula is C6H14NO8S4+. The topological polar surface area (TPSA) is 137 Å².